The first-order chi connectivity index (χ1) is 9.40. The lowest BCUT2D eigenvalue weighted by Crippen LogP contribution is -2.21. The topological polar surface area (TPSA) is 78.0 Å². The zero-order valence-corrected chi connectivity index (χ0v) is 12.5. The van der Waals surface area contributed by atoms with Crippen LogP contribution in [0, 0.1) is 0 Å². The summed E-state index contributed by atoms with van der Waals surface area (Å²) in [5, 5.41) is -0.359. The molecule has 0 bridgehead atoms. The van der Waals surface area contributed by atoms with Gasteiger partial charge >= 0.3 is 0 Å². The van der Waals surface area contributed by atoms with Crippen LogP contribution in [0.2, 0.25) is 0 Å². The number of benzene rings is 1. The lowest BCUT2D eigenvalue weighted by atomic mass is 10.2. The Morgan fingerprint density at radius 3 is 2.75 bits per heavy atom. The number of nitrogen functional groups attached to an aromatic ring is 1. The first-order valence-electron chi connectivity index (χ1n) is 6.49. The van der Waals surface area contributed by atoms with Gasteiger partial charge in [0.2, 0.25) is 0 Å². The molecule has 2 aromatic rings. The molecule has 0 aliphatic carbocycles. The molecule has 2 rings (SSSR count). The average molecular weight is 293 g/mol. The van der Waals surface area contributed by atoms with Gasteiger partial charge in [0, 0.05) is 30.2 Å². The standard InChI is InChI=1S/C14H19N3O2S/c1-11(2)20(18,19)9-8-17-7-6-16-14(17)12-4-3-5-13(15)10-12/h3-7,10-11H,8-9,15H2,1-2H3. The number of nitrogens with zero attached hydrogens (tertiary/aromatic N) is 2. The van der Waals surface area contributed by atoms with Crippen molar-refractivity contribution in [3.8, 4) is 11.4 Å². The second-order valence-corrected chi connectivity index (χ2v) is 7.66. The van der Waals surface area contributed by atoms with Gasteiger partial charge in [-0.05, 0) is 26.0 Å². The summed E-state index contributed by atoms with van der Waals surface area (Å²) in [6.45, 7) is 3.79. The Labute approximate surface area is 119 Å². The van der Waals surface area contributed by atoms with E-state index in [1.54, 1.807) is 32.3 Å². The van der Waals surface area contributed by atoms with Gasteiger partial charge in [-0.3, -0.25) is 0 Å². The van der Waals surface area contributed by atoms with Crippen molar-refractivity contribution in [2.45, 2.75) is 25.6 Å². The number of hydrogen-bond acceptors (Lipinski definition) is 4. The normalized spacial score (nSPS) is 11.9. The SMILES string of the molecule is CC(C)S(=O)(=O)CCn1ccnc1-c1cccc(N)c1. The van der Waals surface area contributed by atoms with Crippen LogP contribution >= 0.6 is 0 Å². The highest BCUT2D eigenvalue weighted by Crippen LogP contribution is 2.20. The smallest absolute Gasteiger partial charge is 0.154 e. The predicted octanol–water partition coefficient (Wildman–Crippen LogP) is 1.96. The summed E-state index contributed by atoms with van der Waals surface area (Å²) in [7, 11) is -3.05. The van der Waals surface area contributed by atoms with E-state index in [4.69, 9.17) is 5.73 Å². The number of nitrogens with two attached hydrogens (primary N) is 1. The lowest BCUT2D eigenvalue weighted by Gasteiger charge is -2.11. The number of sulfone groups is 1. The maximum absolute atomic E-state index is 11.9. The number of hydrogen-bond donors (Lipinski definition) is 1. The Balaban J connectivity index is 2.22. The molecule has 5 nitrogen and oxygen atoms in total. The van der Waals surface area contributed by atoms with Crippen LogP contribution in [-0.2, 0) is 16.4 Å². The Bertz CT molecular complexity index is 690. The molecule has 0 spiro atoms. The molecule has 0 saturated heterocycles. The van der Waals surface area contributed by atoms with E-state index in [1.807, 2.05) is 22.8 Å². The summed E-state index contributed by atoms with van der Waals surface area (Å²) in [6, 6.07) is 7.40. The van der Waals surface area contributed by atoms with E-state index >= 15 is 0 Å². The molecule has 1 aromatic heterocycles. The van der Waals surface area contributed by atoms with E-state index < -0.39 is 9.84 Å². The van der Waals surface area contributed by atoms with Crippen molar-refractivity contribution in [2.24, 2.45) is 0 Å². The monoisotopic (exact) mass is 293 g/mol. The van der Waals surface area contributed by atoms with Gasteiger partial charge in [0.25, 0.3) is 0 Å². The quantitative estimate of drug-likeness (QED) is 0.855. The highest BCUT2D eigenvalue weighted by atomic mass is 32.2. The molecule has 2 N–H and O–H groups in total. The molecule has 1 heterocycles. The van der Waals surface area contributed by atoms with E-state index in [0.29, 0.717) is 12.2 Å². The molecule has 20 heavy (non-hydrogen) atoms. The number of aryl methyl sites for hydroxylation is 1. The lowest BCUT2D eigenvalue weighted by molar-refractivity contribution is 0.580. The maximum Gasteiger partial charge on any atom is 0.154 e. The van der Waals surface area contributed by atoms with Crippen LogP contribution < -0.4 is 5.73 Å². The molecular weight excluding hydrogens is 274 g/mol. The molecule has 0 atom stereocenters. The highest BCUT2D eigenvalue weighted by molar-refractivity contribution is 7.91. The van der Waals surface area contributed by atoms with Gasteiger partial charge in [-0.2, -0.15) is 0 Å². The van der Waals surface area contributed by atoms with Crippen LogP contribution in [0.4, 0.5) is 5.69 Å². The molecular formula is C14H19N3O2S. The van der Waals surface area contributed by atoms with Crippen molar-refractivity contribution >= 4 is 15.5 Å². The van der Waals surface area contributed by atoms with Gasteiger partial charge < -0.3 is 10.3 Å². The molecule has 0 unspecified atom stereocenters. The molecule has 6 heteroatoms. The molecule has 0 radical (unpaired) electrons. The molecule has 0 aliphatic heterocycles. The molecule has 0 amide bonds. The zero-order valence-electron chi connectivity index (χ0n) is 11.7. The van der Waals surface area contributed by atoms with Crippen LogP contribution in [-0.4, -0.2) is 29.0 Å². The number of anilines is 1. The maximum atomic E-state index is 11.9. The van der Waals surface area contributed by atoms with Crippen LogP contribution in [0.25, 0.3) is 11.4 Å². The van der Waals surface area contributed by atoms with Gasteiger partial charge in [-0.15, -0.1) is 0 Å². The highest BCUT2D eigenvalue weighted by Gasteiger charge is 2.16. The molecule has 108 valence electrons. The third kappa shape index (κ3) is 3.19. The Kier molecular flexibility index (Phi) is 4.13. The van der Waals surface area contributed by atoms with Gasteiger partial charge in [-0.25, -0.2) is 13.4 Å². The Morgan fingerprint density at radius 2 is 2.10 bits per heavy atom. The van der Waals surface area contributed by atoms with E-state index in [-0.39, 0.29) is 11.0 Å². The van der Waals surface area contributed by atoms with Gasteiger partial charge in [0.1, 0.15) is 5.82 Å². The minimum atomic E-state index is -3.05. The number of aromatic nitrogens is 2. The van der Waals surface area contributed by atoms with Crippen molar-refractivity contribution in [1.29, 1.82) is 0 Å². The minimum Gasteiger partial charge on any atom is -0.399 e. The third-order valence-electron chi connectivity index (χ3n) is 3.20. The van der Waals surface area contributed by atoms with Crippen molar-refractivity contribution in [3.05, 3.63) is 36.7 Å². The minimum absolute atomic E-state index is 0.107. The fraction of sp³-hybridized carbons (Fsp3) is 0.357. The number of rotatable bonds is 5. The Morgan fingerprint density at radius 1 is 1.35 bits per heavy atom. The average Bonchev–Trinajstić information content (AvgIpc) is 2.84. The van der Waals surface area contributed by atoms with Crippen molar-refractivity contribution in [2.75, 3.05) is 11.5 Å². The fourth-order valence-electron chi connectivity index (χ4n) is 1.89. The first-order valence-corrected chi connectivity index (χ1v) is 8.20. The fourth-order valence-corrected chi connectivity index (χ4v) is 2.81. The van der Waals surface area contributed by atoms with Crippen LogP contribution in [0.3, 0.4) is 0 Å². The zero-order chi connectivity index (χ0) is 14.8. The number of imidazole rings is 1. The molecule has 1 aromatic carbocycles. The van der Waals surface area contributed by atoms with Gasteiger partial charge in [-0.1, -0.05) is 12.1 Å². The predicted molar refractivity (Wildman–Crippen MR) is 81.0 cm³/mol. The van der Waals surface area contributed by atoms with Gasteiger partial charge in [0.05, 0.1) is 11.0 Å². The molecule has 0 saturated carbocycles. The van der Waals surface area contributed by atoms with Crippen LogP contribution in [0.1, 0.15) is 13.8 Å². The van der Waals surface area contributed by atoms with Gasteiger partial charge in [0.15, 0.2) is 9.84 Å². The summed E-state index contributed by atoms with van der Waals surface area (Å²) in [6.07, 6.45) is 3.45. The van der Waals surface area contributed by atoms with Crippen molar-refractivity contribution < 1.29 is 8.42 Å². The second kappa shape index (κ2) is 5.66. The summed E-state index contributed by atoms with van der Waals surface area (Å²) in [5.74, 6) is 0.840. The second-order valence-electron chi connectivity index (χ2n) is 4.99. The molecule has 0 aliphatic rings. The summed E-state index contributed by atoms with van der Waals surface area (Å²) in [4.78, 5) is 4.29. The third-order valence-corrected chi connectivity index (χ3v) is 5.38. The Hall–Kier alpha value is -1.82. The summed E-state index contributed by atoms with van der Waals surface area (Å²) in [5.41, 5.74) is 7.31. The molecule has 0 fully saturated rings. The summed E-state index contributed by atoms with van der Waals surface area (Å²) < 4.78 is 25.6. The van der Waals surface area contributed by atoms with E-state index in [1.165, 1.54) is 0 Å². The largest absolute Gasteiger partial charge is 0.399 e. The van der Waals surface area contributed by atoms with E-state index in [0.717, 1.165) is 11.4 Å². The van der Waals surface area contributed by atoms with Crippen molar-refractivity contribution in [1.82, 2.24) is 9.55 Å². The van der Waals surface area contributed by atoms with E-state index in [9.17, 15) is 8.42 Å². The van der Waals surface area contributed by atoms with Crippen molar-refractivity contribution in [3.63, 3.8) is 0 Å². The van der Waals surface area contributed by atoms with Crippen LogP contribution in [0.5, 0.6) is 0 Å². The van der Waals surface area contributed by atoms with Crippen LogP contribution in [0.15, 0.2) is 36.7 Å². The summed E-state index contributed by atoms with van der Waals surface area (Å²) >= 11 is 0. The van der Waals surface area contributed by atoms with E-state index in [2.05, 4.69) is 4.98 Å². The first kappa shape index (κ1) is 14.6.